The van der Waals surface area contributed by atoms with Crippen molar-refractivity contribution in [1.82, 2.24) is 5.32 Å². The van der Waals surface area contributed by atoms with Crippen LogP contribution in [0.25, 0.3) is 0 Å². The first-order chi connectivity index (χ1) is 9.93. The minimum atomic E-state index is -0.658. The molecule has 1 amide bonds. The van der Waals surface area contributed by atoms with Gasteiger partial charge in [-0.05, 0) is 31.5 Å². The Morgan fingerprint density at radius 1 is 1.33 bits per heavy atom. The summed E-state index contributed by atoms with van der Waals surface area (Å²) in [6.45, 7) is 1.90. The number of hydrogen-bond donors (Lipinski definition) is 1. The quantitative estimate of drug-likeness (QED) is 0.615. The summed E-state index contributed by atoms with van der Waals surface area (Å²) in [5.41, 5.74) is 0. The standard InChI is InChI=1S/C14H17Cl2NO4/c1-9(14(19)20-2)17-13(18)4-3-7-21-12-6-5-10(15)8-11(12)16/h5-6,8-9H,3-4,7H2,1-2H3,(H,17,18). The summed E-state index contributed by atoms with van der Waals surface area (Å²) >= 11 is 11.7. The number of rotatable bonds is 7. The van der Waals surface area contributed by atoms with Gasteiger partial charge in [-0.1, -0.05) is 23.2 Å². The summed E-state index contributed by atoms with van der Waals surface area (Å²) in [5, 5.41) is 3.49. The maximum Gasteiger partial charge on any atom is 0.328 e. The summed E-state index contributed by atoms with van der Waals surface area (Å²) in [7, 11) is 1.27. The molecule has 0 radical (unpaired) electrons. The van der Waals surface area contributed by atoms with Crippen LogP contribution in [0.4, 0.5) is 0 Å². The second-order valence-electron chi connectivity index (χ2n) is 4.34. The number of hydrogen-bond acceptors (Lipinski definition) is 4. The van der Waals surface area contributed by atoms with E-state index in [0.717, 1.165) is 0 Å². The zero-order valence-electron chi connectivity index (χ0n) is 11.8. The molecular formula is C14H17Cl2NO4. The molecule has 1 atom stereocenters. The molecular weight excluding hydrogens is 317 g/mol. The molecule has 1 aromatic carbocycles. The van der Waals surface area contributed by atoms with E-state index in [1.165, 1.54) is 7.11 Å². The summed E-state index contributed by atoms with van der Waals surface area (Å²) in [6, 6.07) is 4.27. The molecule has 1 N–H and O–H groups in total. The highest BCUT2D eigenvalue weighted by molar-refractivity contribution is 6.35. The van der Waals surface area contributed by atoms with Crippen LogP contribution in [0.5, 0.6) is 5.75 Å². The van der Waals surface area contributed by atoms with Gasteiger partial charge in [-0.3, -0.25) is 4.79 Å². The zero-order valence-corrected chi connectivity index (χ0v) is 13.3. The van der Waals surface area contributed by atoms with E-state index in [-0.39, 0.29) is 12.3 Å². The van der Waals surface area contributed by atoms with Crippen LogP contribution in [-0.4, -0.2) is 31.6 Å². The second-order valence-corrected chi connectivity index (χ2v) is 5.18. The number of benzene rings is 1. The smallest absolute Gasteiger partial charge is 0.328 e. The third-order valence-corrected chi connectivity index (χ3v) is 3.16. The van der Waals surface area contributed by atoms with Crippen LogP contribution in [0.15, 0.2) is 18.2 Å². The maximum atomic E-state index is 11.6. The molecule has 0 heterocycles. The molecule has 0 fully saturated rings. The number of carbonyl (C=O) groups is 2. The molecule has 1 unspecified atom stereocenters. The van der Waals surface area contributed by atoms with Crippen molar-refractivity contribution in [3.63, 3.8) is 0 Å². The lowest BCUT2D eigenvalue weighted by Crippen LogP contribution is -2.39. The lowest BCUT2D eigenvalue weighted by molar-refractivity contribution is -0.144. The Kier molecular flexibility index (Phi) is 7.32. The predicted octanol–water partition coefficient (Wildman–Crippen LogP) is 2.83. The van der Waals surface area contributed by atoms with E-state index in [2.05, 4.69) is 10.1 Å². The van der Waals surface area contributed by atoms with Crippen molar-refractivity contribution in [2.24, 2.45) is 0 Å². The fraction of sp³-hybridized carbons (Fsp3) is 0.429. The van der Waals surface area contributed by atoms with Crippen molar-refractivity contribution in [3.05, 3.63) is 28.2 Å². The van der Waals surface area contributed by atoms with E-state index in [9.17, 15) is 9.59 Å². The average Bonchev–Trinajstić information content (AvgIpc) is 2.44. The summed E-state index contributed by atoms with van der Waals surface area (Å²) < 4.78 is 9.97. The van der Waals surface area contributed by atoms with Gasteiger partial charge in [0.2, 0.25) is 5.91 Å². The number of nitrogens with one attached hydrogen (secondary N) is 1. The van der Waals surface area contributed by atoms with Crippen molar-refractivity contribution >= 4 is 35.1 Å². The summed E-state index contributed by atoms with van der Waals surface area (Å²) in [5.74, 6) is -0.198. The minimum absolute atomic E-state index is 0.237. The SMILES string of the molecule is COC(=O)C(C)NC(=O)CCCOc1ccc(Cl)cc1Cl. The Morgan fingerprint density at radius 3 is 2.67 bits per heavy atom. The van der Waals surface area contributed by atoms with Crippen molar-refractivity contribution in [2.75, 3.05) is 13.7 Å². The van der Waals surface area contributed by atoms with Crippen molar-refractivity contribution in [1.29, 1.82) is 0 Å². The Hall–Kier alpha value is -1.46. The molecule has 0 bridgehead atoms. The van der Waals surface area contributed by atoms with E-state index in [0.29, 0.717) is 28.8 Å². The van der Waals surface area contributed by atoms with Gasteiger partial charge >= 0.3 is 5.97 Å². The van der Waals surface area contributed by atoms with Gasteiger partial charge in [0.15, 0.2) is 0 Å². The van der Waals surface area contributed by atoms with Crippen LogP contribution in [0.2, 0.25) is 10.0 Å². The molecule has 7 heteroatoms. The van der Waals surface area contributed by atoms with Gasteiger partial charge < -0.3 is 14.8 Å². The third kappa shape index (κ3) is 6.23. The van der Waals surface area contributed by atoms with Crippen LogP contribution in [0, 0.1) is 0 Å². The highest BCUT2D eigenvalue weighted by atomic mass is 35.5. The predicted molar refractivity (Wildman–Crippen MR) is 80.8 cm³/mol. The Bertz CT molecular complexity index is 508. The highest BCUT2D eigenvalue weighted by Crippen LogP contribution is 2.27. The topological polar surface area (TPSA) is 64.6 Å². The highest BCUT2D eigenvalue weighted by Gasteiger charge is 2.15. The third-order valence-electron chi connectivity index (χ3n) is 2.63. The molecule has 21 heavy (non-hydrogen) atoms. The van der Waals surface area contributed by atoms with Crippen LogP contribution in [0.3, 0.4) is 0 Å². The maximum absolute atomic E-state index is 11.6. The van der Waals surface area contributed by atoms with Gasteiger partial charge in [-0.15, -0.1) is 0 Å². The minimum Gasteiger partial charge on any atom is -0.492 e. The van der Waals surface area contributed by atoms with E-state index in [4.69, 9.17) is 27.9 Å². The number of ether oxygens (including phenoxy) is 2. The number of methoxy groups -OCH3 is 1. The second kappa shape index (κ2) is 8.74. The van der Waals surface area contributed by atoms with Crippen LogP contribution >= 0.6 is 23.2 Å². The average molecular weight is 334 g/mol. The summed E-state index contributed by atoms with van der Waals surface area (Å²) in [6.07, 6.45) is 0.741. The lowest BCUT2D eigenvalue weighted by atomic mass is 10.2. The number of esters is 1. The molecule has 0 aliphatic heterocycles. The van der Waals surface area contributed by atoms with Gasteiger partial charge in [0.1, 0.15) is 11.8 Å². The van der Waals surface area contributed by atoms with Gasteiger partial charge in [-0.2, -0.15) is 0 Å². The van der Waals surface area contributed by atoms with Gasteiger partial charge in [0, 0.05) is 11.4 Å². The molecule has 1 aromatic rings. The van der Waals surface area contributed by atoms with Crippen molar-refractivity contribution < 1.29 is 19.1 Å². The first-order valence-electron chi connectivity index (χ1n) is 6.39. The van der Waals surface area contributed by atoms with Crippen LogP contribution < -0.4 is 10.1 Å². The van der Waals surface area contributed by atoms with E-state index in [1.54, 1.807) is 25.1 Å². The first kappa shape index (κ1) is 17.6. The Morgan fingerprint density at radius 2 is 2.05 bits per heavy atom. The lowest BCUT2D eigenvalue weighted by Gasteiger charge is -2.12. The van der Waals surface area contributed by atoms with Crippen LogP contribution in [-0.2, 0) is 14.3 Å². The largest absolute Gasteiger partial charge is 0.492 e. The molecule has 0 aliphatic carbocycles. The Balaban J connectivity index is 2.27. The van der Waals surface area contributed by atoms with Crippen LogP contribution in [0.1, 0.15) is 19.8 Å². The molecule has 0 saturated carbocycles. The fourth-order valence-electron chi connectivity index (χ4n) is 1.56. The normalized spacial score (nSPS) is 11.6. The van der Waals surface area contributed by atoms with E-state index in [1.807, 2.05) is 0 Å². The van der Waals surface area contributed by atoms with E-state index < -0.39 is 12.0 Å². The van der Waals surface area contributed by atoms with Gasteiger partial charge in [-0.25, -0.2) is 4.79 Å². The number of amides is 1. The zero-order chi connectivity index (χ0) is 15.8. The molecule has 0 aromatic heterocycles. The molecule has 0 spiro atoms. The van der Waals surface area contributed by atoms with Gasteiger partial charge in [0.25, 0.3) is 0 Å². The molecule has 116 valence electrons. The Labute approximate surface area is 133 Å². The molecule has 1 rings (SSSR count). The number of halogens is 2. The number of carbonyl (C=O) groups excluding carboxylic acids is 2. The molecule has 5 nitrogen and oxygen atoms in total. The monoisotopic (exact) mass is 333 g/mol. The fourth-order valence-corrected chi connectivity index (χ4v) is 2.02. The molecule has 0 saturated heterocycles. The van der Waals surface area contributed by atoms with Crippen molar-refractivity contribution in [3.8, 4) is 5.75 Å². The van der Waals surface area contributed by atoms with E-state index >= 15 is 0 Å². The van der Waals surface area contributed by atoms with Gasteiger partial charge in [0.05, 0.1) is 18.7 Å². The summed E-state index contributed by atoms with van der Waals surface area (Å²) in [4.78, 5) is 22.7. The first-order valence-corrected chi connectivity index (χ1v) is 7.14. The molecule has 0 aliphatic rings. The van der Waals surface area contributed by atoms with Crippen molar-refractivity contribution in [2.45, 2.75) is 25.8 Å².